The number of carbonyl (C=O) groups excluding carboxylic acids is 1. The van der Waals surface area contributed by atoms with Gasteiger partial charge in [-0.2, -0.15) is 0 Å². The highest BCUT2D eigenvalue weighted by atomic mass is 32.2. The SMILES string of the molecule is C=CCn1c(CC(=O)Nc2ccccc2OC)nnc1SCc1nc2ccccc2c(=O)[nH]1. The number of nitrogens with zero attached hydrogens (tertiary/aromatic N) is 4. The predicted octanol–water partition coefficient (Wildman–Crippen LogP) is 3.18. The minimum atomic E-state index is -0.241. The molecule has 0 unspecified atom stereocenters. The first-order valence-corrected chi connectivity index (χ1v) is 11.1. The molecule has 4 aromatic rings. The normalized spacial score (nSPS) is 10.8. The van der Waals surface area contributed by atoms with Crippen molar-refractivity contribution in [1.29, 1.82) is 0 Å². The number of fused-ring (bicyclic) bond motifs is 1. The molecule has 2 aromatic heterocycles. The standard InChI is InChI=1S/C23H22N6O3S/c1-3-12-29-20(13-21(30)25-17-10-6-7-11-18(17)32-2)27-28-23(29)33-14-19-24-16-9-5-4-8-15(16)22(31)26-19/h3-11H,1,12-14H2,2H3,(H,25,30)(H,24,26,31). The number of para-hydroxylation sites is 3. The number of H-pyrrole nitrogens is 1. The Hall–Kier alpha value is -3.92. The Morgan fingerprint density at radius 3 is 2.82 bits per heavy atom. The number of ether oxygens (including phenoxy) is 1. The van der Waals surface area contributed by atoms with Gasteiger partial charge in [-0.3, -0.25) is 9.59 Å². The van der Waals surface area contributed by atoms with Crippen molar-refractivity contribution in [3.05, 3.63) is 83.2 Å². The van der Waals surface area contributed by atoms with Crippen LogP contribution in [0.1, 0.15) is 11.6 Å². The van der Waals surface area contributed by atoms with E-state index in [1.54, 1.807) is 43.5 Å². The van der Waals surface area contributed by atoms with Crippen molar-refractivity contribution >= 4 is 34.3 Å². The molecule has 2 aromatic carbocycles. The van der Waals surface area contributed by atoms with Crippen LogP contribution in [0.15, 0.2) is 71.1 Å². The first kappa shape index (κ1) is 22.3. The topological polar surface area (TPSA) is 115 Å². The summed E-state index contributed by atoms with van der Waals surface area (Å²) in [5, 5.41) is 12.4. The maximum Gasteiger partial charge on any atom is 0.258 e. The fourth-order valence-electron chi connectivity index (χ4n) is 3.29. The molecule has 0 bridgehead atoms. The number of hydrogen-bond donors (Lipinski definition) is 2. The summed E-state index contributed by atoms with van der Waals surface area (Å²) in [5.41, 5.74) is 1.04. The van der Waals surface area contributed by atoms with Gasteiger partial charge >= 0.3 is 0 Å². The number of nitrogens with one attached hydrogen (secondary N) is 2. The highest BCUT2D eigenvalue weighted by molar-refractivity contribution is 7.98. The molecule has 2 N–H and O–H groups in total. The molecule has 0 saturated heterocycles. The zero-order valence-electron chi connectivity index (χ0n) is 17.9. The highest BCUT2D eigenvalue weighted by Gasteiger charge is 2.17. The van der Waals surface area contributed by atoms with Gasteiger partial charge in [0.15, 0.2) is 5.16 Å². The summed E-state index contributed by atoms with van der Waals surface area (Å²) in [7, 11) is 1.55. The van der Waals surface area contributed by atoms with Crippen molar-refractivity contribution in [2.24, 2.45) is 0 Å². The Morgan fingerprint density at radius 2 is 2.00 bits per heavy atom. The molecule has 0 saturated carbocycles. The maximum absolute atomic E-state index is 12.6. The van der Waals surface area contributed by atoms with E-state index in [0.717, 1.165) is 0 Å². The van der Waals surface area contributed by atoms with Crippen molar-refractivity contribution in [3.63, 3.8) is 0 Å². The summed E-state index contributed by atoms with van der Waals surface area (Å²) in [6, 6.07) is 14.4. The number of aromatic amines is 1. The van der Waals surface area contributed by atoms with E-state index in [9.17, 15) is 9.59 Å². The lowest BCUT2D eigenvalue weighted by molar-refractivity contribution is -0.115. The van der Waals surface area contributed by atoms with Crippen LogP contribution < -0.4 is 15.6 Å². The first-order chi connectivity index (χ1) is 16.1. The van der Waals surface area contributed by atoms with Crippen molar-refractivity contribution in [1.82, 2.24) is 24.7 Å². The molecular formula is C23H22N6O3S. The Kier molecular flexibility index (Phi) is 6.84. The molecule has 168 valence electrons. The Bertz CT molecular complexity index is 1360. The summed E-state index contributed by atoms with van der Waals surface area (Å²) in [4.78, 5) is 32.2. The van der Waals surface area contributed by atoms with Crippen LogP contribution in [0.5, 0.6) is 5.75 Å². The molecule has 4 rings (SSSR count). The number of rotatable bonds is 9. The van der Waals surface area contributed by atoms with E-state index in [1.165, 1.54) is 11.8 Å². The fourth-order valence-corrected chi connectivity index (χ4v) is 4.13. The number of carbonyl (C=O) groups is 1. The monoisotopic (exact) mass is 462 g/mol. The zero-order valence-corrected chi connectivity index (χ0v) is 18.8. The number of anilines is 1. The van der Waals surface area contributed by atoms with Crippen LogP contribution >= 0.6 is 11.8 Å². The highest BCUT2D eigenvalue weighted by Crippen LogP contribution is 2.24. The van der Waals surface area contributed by atoms with Crippen LogP contribution in [0, 0.1) is 0 Å². The molecule has 0 aliphatic rings. The van der Waals surface area contributed by atoms with Gasteiger partial charge in [-0.25, -0.2) is 4.98 Å². The lowest BCUT2D eigenvalue weighted by Gasteiger charge is -2.10. The molecule has 0 fully saturated rings. The number of thioether (sulfide) groups is 1. The van der Waals surface area contributed by atoms with Crippen LogP contribution in [-0.2, 0) is 23.5 Å². The first-order valence-electron chi connectivity index (χ1n) is 10.2. The van der Waals surface area contributed by atoms with Crippen LogP contribution in [0.4, 0.5) is 5.69 Å². The number of allylic oxidation sites excluding steroid dienone is 1. The van der Waals surface area contributed by atoms with Crippen molar-refractivity contribution < 1.29 is 9.53 Å². The van der Waals surface area contributed by atoms with Crippen LogP contribution in [0.25, 0.3) is 10.9 Å². The minimum Gasteiger partial charge on any atom is -0.495 e. The summed E-state index contributed by atoms with van der Waals surface area (Å²) in [6.45, 7) is 4.23. The number of amides is 1. The molecule has 0 aliphatic carbocycles. The van der Waals surface area contributed by atoms with E-state index in [4.69, 9.17) is 4.74 Å². The third kappa shape index (κ3) is 5.12. The van der Waals surface area contributed by atoms with Gasteiger partial charge in [0, 0.05) is 6.54 Å². The number of benzene rings is 2. The van der Waals surface area contributed by atoms with E-state index < -0.39 is 0 Å². The average Bonchev–Trinajstić information content (AvgIpc) is 3.19. The maximum atomic E-state index is 12.6. The Balaban J connectivity index is 1.49. The number of methoxy groups -OCH3 is 1. The van der Waals surface area contributed by atoms with Gasteiger partial charge in [-0.1, -0.05) is 42.1 Å². The zero-order chi connectivity index (χ0) is 23.2. The van der Waals surface area contributed by atoms with Gasteiger partial charge in [0.05, 0.1) is 35.9 Å². The number of hydrogen-bond acceptors (Lipinski definition) is 7. The molecule has 9 nitrogen and oxygen atoms in total. The molecule has 10 heteroatoms. The molecule has 0 atom stereocenters. The van der Waals surface area contributed by atoms with E-state index in [1.807, 2.05) is 22.8 Å². The lowest BCUT2D eigenvalue weighted by atomic mass is 10.2. The largest absolute Gasteiger partial charge is 0.495 e. The predicted molar refractivity (Wildman–Crippen MR) is 127 cm³/mol. The summed E-state index contributed by atoms with van der Waals surface area (Å²) in [5.74, 6) is 1.76. The van der Waals surface area contributed by atoms with Crippen LogP contribution in [0.3, 0.4) is 0 Å². The third-order valence-corrected chi connectivity index (χ3v) is 5.78. The van der Waals surface area contributed by atoms with Crippen molar-refractivity contribution in [2.75, 3.05) is 12.4 Å². The number of aromatic nitrogens is 5. The molecule has 2 heterocycles. The van der Waals surface area contributed by atoms with E-state index in [2.05, 4.69) is 32.1 Å². The van der Waals surface area contributed by atoms with Gasteiger partial charge in [0.2, 0.25) is 5.91 Å². The quantitative estimate of drug-likeness (QED) is 0.290. The van der Waals surface area contributed by atoms with Gasteiger partial charge in [0.25, 0.3) is 5.56 Å². The van der Waals surface area contributed by atoms with Crippen molar-refractivity contribution in [3.8, 4) is 5.75 Å². The minimum absolute atomic E-state index is 0.0322. The van der Waals surface area contributed by atoms with Crippen LogP contribution in [-0.4, -0.2) is 37.7 Å². The van der Waals surface area contributed by atoms with Gasteiger partial charge < -0.3 is 19.6 Å². The molecule has 33 heavy (non-hydrogen) atoms. The second kappa shape index (κ2) is 10.1. The molecule has 0 radical (unpaired) electrons. The Labute approximate surface area is 193 Å². The van der Waals surface area contributed by atoms with E-state index >= 15 is 0 Å². The lowest BCUT2D eigenvalue weighted by Crippen LogP contribution is -2.18. The van der Waals surface area contributed by atoms with Crippen molar-refractivity contribution in [2.45, 2.75) is 23.9 Å². The molecule has 0 spiro atoms. The molecule has 1 amide bonds. The van der Waals surface area contributed by atoms with E-state index in [-0.39, 0.29) is 17.9 Å². The Morgan fingerprint density at radius 1 is 1.21 bits per heavy atom. The van der Waals surface area contributed by atoms with Gasteiger partial charge in [-0.05, 0) is 24.3 Å². The molecular weight excluding hydrogens is 440 g/mol. The second-order valence-electron chi connectivity index (χ2n) is 7.04. The summed E-state index contributed by atoms with van der Waals surface area (Å²) < 4.78 is 7.09. The van der Waals surface area contributed by atoms with Crippen LogP contribution in [0.2, 0.25) is 0 Å². The molecule has 0 aliphatic heterocycles. The smallest absolute Gasteiger partial charge is 0.258 e. The second-order valence-corrected chi connectivity index (χ2v) is 7.98. The summed E-state index contributed by atoms with van der Waals surface area (Å²) >= 11 is 1.37. The fraction of sp³-hybridized carbons (Fsp3) is 0.174. The van der Waals surface area contributed by atoms with Gasteiger partial charge in [-0.15, -0.1) is 16.8 Å². The van der Waals surface area contributed by atoms with E-state index in [0.29, 0.717) is 51.4 Å². The average molecular weight is 463 g/mol. The van der Waals surface area contributed by atoms with Gasteiger partial charge in [0.1, 0.15) is 17.4 Å². The third-order valence-electron chi connectivity index (χ3n) is 4.80. The summed E-state index contributed by atoms with van der Waals surface area (Å²) in [6.07, 6.45) is 1.75.